The van der Waals surface area contributed by atoms with Crippen molar-refractivity contribution < 1.29 is 8.83 Å². The van der Waals surface area contributed by atoms with Gasteiger partial charge in [0, 0.05) is 70.2 Å². The summed E-state index contributed by atoms with van der Waals surface area (Å²) in [5, 5.41) is 9.03. The molecule has 9 aromatic carbocycles. The number of fused-ring (bicyclic) bond motifs is 13. The molecule has 0 unspecified atom stereocenters. The number of nitrogens with zero attached hydrogens (tertiary/aromatic N) is 4. The minimum absolute atomic E-state index is 0.563. The molecule has 7 heteroatoms. The average Bonchev–Trinajstić information content (AvgIpc) is 4.13. The van der Waals surface area contributed by atoms with Crippen molar-refractivity contribution in [3.8, 4) is 51.0 Å². The number of para-hydroxylation sites is 3. The maximum absolute atomic E-state index is 6.34. The number of hydrogen-bond acceptors (Lipinski definition) is 6. The smallest absolute Gasteiger partial charge is 0.164 e. The molecule has 5 heterocycles. The van der Waals surface area contributed by atoms with Crippen molar-refractivity contribution in [3.63, 3.8) is 0 Å². The number of rotatable bonds is 5. The third kappa shape index (κ3) is 5.22. The van der Waals surface area contributed by atoms with Crippen molar-refractivity contribution in [2.75, 3.05) is 0 Å². The van der Waals surface area contributed by atoms with E-state index in [-0.39, 0.29) is 0 Å². The molecule has 0 aliphatic carbocycles. The van der Waals surface area contributed by atoms with E-state index in [1.165, 1.54) is 42.0 Å². The maximum atomic E-state index is 6.34. The lowest BCUT2D eigenvalue weighted by molar-refractivity contribution is 0.668. The van der Waals surface area contributed by atoms with Crippen LogP contribution in [0.25, 0.3) is 137 Å². The van der Waals surface area contributed by atoms with Crippen LogP contribution in [0.15, 0.2) is 203 Å². The quantitative estimate of drug-likeness (QED) is 0.173. The van der Waals surface area contributed by atoms with Gasteiger partial charge in [0.25, 0.3) is 0 Å². The molecule has 14 rings (SSSR count). The lowest BCUT2D eigenvalue weighted by Crippen LogP contribution is -2.01. The zero-order valence-corrected chi connectivity index (χ0v) is 34.8. The van der Waals surface area contributed by atoms with Crippen LogP contribution in [-0.2, 0) is 0 Å². The van der Waals surface area contributed by atoms with Crippen LogP contribution in [0.4, 0.5) is 0 Å². The summed E-state index contributed by atoms with van der Waals surface area (Å²) >= 11 is 1.87. The first kappa shape index (κ1) is 35.2. The van der Waals surface area contributed by atoms with E-state index in [9.17, 15) is 0 Å². The Bertz CT molecular complexity index is 4100. The second kappa shape index (κ2) is 13.6. The van der Waals surface area contributed by atoms with Gasteiger partial charge in [-0.15, -0.1) is 11.3 Å². The Morgan fingerprint density at radius 2 is 0.906 bits per heavy atom. The monoisotopic (exact) mass is 836 g/mol. The van der Waals surface area contributed by atoms with Crippen molar-refractivity contribution >= 4 is 97.2 Å². The van der Waals surface area contributed by atoms with Crippen LogP contribution in [0.3, 0.4) is 0 Å². The van der Waals surface area contributed by atoms with Crippen molar-refractivity contribution in [1.82, 2.24) is 19.5 Å². The predicted molar refractivity (Wildman–Crippen MR) is 263 cm³/mol. The SMILES string of the molecule is c1cc(-c2cccc(-n3c4ccccc4c4ccc5c6ccccc6sc5c43)c2)cc(-c2nc(-c3cccc4oc5ccccc5c34)nc(-c3cccc4oc5ccccc5c34)n2)c1. The Kier molecular flexibility index (Phi) is 7.46. The molecule has 14 aromatic rings. The Morgan fingerprint density at radius 1 is 0.375 bits per heavy atom. The average molecular weight is 837 g/mol. The van der Waals surface area contributed by atoms with Crippen LogP contribution in [0.1, 0.15) is 0 Å². The Labute approximate surface area is 368 Å². The number of thiophene rings is 1. The number of benzene rings is 9. The molecule has 0 radical (unpaired) electrons. The van der Waals surface area contributed by atoms with Gasteiger partial charge in [0.15, 0.2) is 17.5 Å². The molecule has 0 aliphatic rings. The molecule has 0 amide bonds. The first-order valence-electron chi connectivity index (χ1n) is 21.3. The second-order valence-corrected chi connectivity index (χ2v) is 17.3. The molecule has 0 aliphatic heterocycles. The molecule has 0 N–H and O–H groups in total. The Hall–Kier alpha value is -8.39. The van der Waals surface area contributed by atoms with Crippen LogP contribution < -0.4 is 0 Å². The highest BCUT2D eigenvalue weighted by Crippen LogP contribution is 2.44. The van der Waals surface area contributed by atoms with Crippen LogP contribution >= 0.6 is 11.3 Å². The lowest BCUT2D eigenvalue weighted by atomic mass is 10.0. The van der Waals surface area contributed by atoms with Crippen LogP contribution in [0.5, 0.6) is 0 Å². The van der Waals surface area contributed by atoms with Gasteiger partial charge in [-0.2, -0.15) is 0 Å². The molecule has 298 valence electrons. The van der Waals surface area contributed by atoms with E-state index in [1.54, 1.807) is 0 Å². The van der Waals surface area contributed by atoms with Crippen molar-refractivity contribution in [1.29, 1.82) is 0 Å². The van der Waals surface area contributed by atoms with E-state index in [1.807, 2.05) is 72.0 Å². The van der Waals surface area contributed by atoms with Gasteiger partial charge in [-0.25, -0.2) is 15.0 Å². The fourth-order valence-electron chi connectivity index (χ4n) is 9.83. The molecule has 0 fully saturated rings. The van der Waals surface area contributed by atoms with Crippen LogP contribution in [0.2, 0.25) is 0 Å². The van der Waals surface area contributed by atoms with Crippen LogP contribution in [-0.4, -0.2) is 19.5 Å². The normalized spacial score (nSPS) is 12.1. The van der Waals surface area contributed by atoms with Crippen molar-refractivity contribution in [3.05, 3.63) is 194 Å². The third-order valence-corrected chi connectivity index (χ3v) is 13.9. The van der Waals surface area contributed by atoms with E-state index in [0.717, 1.165) is 77.4 Å². The first-order valence-corrected chi connectivity index (χ1v) is 22.2. The highest BCUT2D eigenvalue weighted by Gasteiger charge is 2.22. The molecule has 5 aromatic heterocycles. The molecule has 0 saturated heterocycles. The van der Waals surface area contributed by atoms with E-state index >= 15 is 0 Å². The van der Waals surface area contributed by atoms with Gasteiger partial charge in [-0.05, 0) is 65.7 Å². The zero-order valence-electron chi connectivity index (χ0n) is 34.0. The Balaban J connectivity index is 0.965. The fraction of sp³-hybridized carbons (Fsp3) is 0. The van der Waals surface area contributed by atoms with E-state index in [2.05, 4.69) is 138 Å². The minimum Gasteiger partial charge on any atom is -0.456 e. The summed E-state index contributed by atoms with van der Waals surface area (Å²) in [6.45, 7) is 0. The number of aromatic nitrogens is 4. The summed E-state index contributed by atoms with van der Waals surface area (Å²) in [4.78, 5) is 15.8. The highest BCUT2D eigenvalue weighted by atomic mass is 32.1. The van der Waals surface area contributed by atoms with Crippen molar-refractivity contribution in [2.45, 2.75) is 0 Å². The van der Waals surface area contributed by atoms with Gasteiger partial charge in [0.1, 0.15) is 22.3 Å². The number of furan rings is 2. The zero-order chi connectivity index (χ0) is 41.9. The van der Waals surface area contributed by atoms with E-state index in [0.29, 0.717) is 17.5 Å². The van der Waals surface area contributed by atoms with Gasteiger partial charge in [0.05, 0.1) is 15.7 Å². The number of hydrogen-bond donors (Lipinski definition) is 0. The van der Waals surface area contributed by atoms with Crippen molar-refractivity contribution in [2.24, 2.45) is 0 Å². The summed E-state index contributed by atoms with van der Waals surface area (Å²) in [6, 6.07) is 67.9. The summed E-state index contributed by atoms with van der Waals surface area (Å²) in [7, 11) is 0. The molecule has 0 bridgehead atoms. The molecular formula is C57H32N4O2S. The minimum atomic E-state index is 0.563. The molecule has 0 atom stereocenters. The molecule has 64 heavy (non-hydrogen) atoms. The van der Waals surface area contributed by atoms with E-state index < -0.39 is 0 Å². The largest absolute Gasteiger partial charge is 0.456 e. The highest BCUT2D eigenvalue weighted by molar-refractivity contribution is 7.26. The summed E-state index contributed by atoms with van der Waals surface area (Å²) in [5.74, 6) is 1.70. The summed E-state index contributed by atoms with van der Waals surface area (Å²) < 4.78 is 17.7. The first-order chi connectivity index (χ1) is 31.7. The fourth-order valence-corrected chi connectivity index (χ4v) is 11.1. The van der Waals surface area contributed by atoms with Gasteiger partial charge in [0.2, 0.25) is 0 Å². The summed E-state index contributed by atoms with van der Waals surface area (Å²) in [6.07, 6.45) is 0. The van der Waals surface area contributed by atoms with Gasteiger partial charge >= 0.3 is 0 Å². The molecule has 0 saturated carbocycles. The maximum Gasteiger partial charge on any atom is 0.164 e. The van der Waals surface area contributed by atoms with Crippen LogP contribution in [0, 0.1) is 0 Å². The van der Waals surface area contributed by atoms with E-state index in [4.69, 9.17) is 23.8 Å². The topological polar surface area (TPSA) is 69.9 Å². The van der Waals surface area contributed by atoms with Gasteiger partial charge in [-0.3, -0.25) is 0 Å². The second-order valence-electron chi connectivity index (χ2n) is 16.3. The standard InChI is InChI=1S/C57H32N4O2S/c1-5-23-45-37(17-1)39-29-30-40-38-18-4-8-28-50(38)64-54(40)53(39)61(45)36-16-10-14-34(32-36)33-13-9-15-35(31-33)55-58-56(43-21-11-26-48-51(43)41-19-2-6-24-46(41)62-48)60-57(59-55)44-22-12-27-49-52(44)42-20-3-7-25-47(42)63-49/h1-32H. The molecular weight excluding hydrogens is 805 g/mol. The predicted octanol–water partition coefficient (Wildman–Crippen LogP) is 15.8. The van der Waals surface area contributed by atoms with Gasteiger partial charge in [-0.1, -0.05) is 140 Å². The molecule has 6 nitrogen and oxygen atoms in total. The summed E-state index contributed by atoms with van der Waals surface area (Å²) in [5.41, 5.74) is 11.5. The molecule has 0 spiro atoms. The van der Waals surface area contributed by atoms with Gasteiger partial charge < -0.3 is 13.4 Å². The third-order valence-electron chi connectivity index (χ3n) is 12.7. The lowest BCUT2D eigenvalue weighted by Gasteiger charge is -2.12. The Morgan fingerprint density at radius 3 is 1.62 bits per heavy atom.